The molecule has 2 fully saturated rings. The van der Waals surface area contributed by atoms with Gasteiger partial charge in [0.1, 0.15) is 0 Å². The third kappa shape index (κ3) is 3.17. The van der Waals surface area contributed by atoms with E-state index in [0.717, 1.165) is 13.1 Å². The van der Waals surface area contributed by atoms with E-state index in [1.807, 2.05) is 4.90 Å². The lowest BCUT2D eigenvalue weighted by Crippen LogP contribution is -2.45. The Morgan fingerprint density at radius 2 is 2.19 bits per heavy atom. The number of nitrogens with zero attached hydrogens (tertiary/aromatic N) is 1. The van der Waals surface area contributed by atoms with Gasteiger partial charge in [0.2, 0.25) is 5.91 Å². The molecule has 2 aliphatic rings. The molecule has 0 spiro atoms. The smallest absolute Gasteiger partial charge is 0.225 e. The molecule has 0 aromatic heterocycles. The summed E-state index contributed by atoms with van der Waals surface area (Å²) < 4.78 is 5.50. The maximum Gasteiger partial charge on any atom is 0.225 e. The molecule has 1 atom stereocenters. The van der Waals surface area contributed by atoms with Crippen molar-refractivity contribution in [1.29, 1.82) is 0 Å². The Labute approximate surface area is 95.8 Å². The zero-order valence-corrected chi connectivity index (χ0v) is 9.52. The first-order chi connectivity index (χ1) is 7.75. The monoisotopic (exact) mass is 228 g/mol. The number of likely N-dealkylation sites (tertiary alicyclic amines) is 1. The van der Waals surface area contributed by atoms with E-state index < -0.39 is 0 Å². The largest absolute Gasteiger partial charge is 0.393 e. The van der Waals surface area contributed by atoms with Gasteiger partial charge in [0.15, 0.2) is 0 Å². The number of hydrogen-bond donors (Lipinski definition) is 2. The predicted octanol–water partition coefficient (Wildman–Crippen LogP) is -0.652. The summed E-state index contributed by atoms with van der Waals surface area (Å²) >= 11 is 0. The Morgan fingerprint density at radius 3 is 2.81 bits per heavy atom. The van der Waals surface area contributed by atoms with Gasteiger partial charge in [-0.3, -0.25) is 4.79 Å². The fourth-order valence-electron chi connectivity index (χ4n) is 2.19. The zero-order valence-electron chi connectivity index (χ0n) is 9.52. The quantitative estimate of drug-likeness (QED) is 0.659. The van der Waals surface area contributed by atoms with E-state index in [1.165, 1.54) is 0 Å². The molecule has 0 saturated carbocycles. The molecular formula is C11H20N2O3. The van der Waals surface area contributed by atoms with Gasteiger partial charge in [-0.1, -0.05) is 0 Å². The van der Waals surface area contributed by atoms with Crippen molar-refractivity contribution in [3.05, 3.63) is 0 Å². The number of aliphatic hydroxyl groups is 1. The molecule has 0 radical (unpaired) electrons. The third-order valence-corrected chi connectivity index (χ3v) is 3.22. The number of nitrogens with one attached hydrogen (secondary N) is 1. The molecule has 16 heavy (non-hydrogen) atoms. The van der Waals surface area contributed by atoms with Crippen LogP contribution < -0.4 is 5.32 Å². The van der Waals surface area contributed by atoms with Crippen molar-refractivity contribution in [2.45, 2.75) is 31.5 Å². The van der Waals surface area contributed by atoms with Crippen molar-refractivity contribution in [2.75, 3.05) is 32.8 Å². The second-order valence-electron chi connectivity index (χ2n) is 4.51. The fraction of sp³-hybridized carbons (Fsp3) is 0.909. The summed E-state index contributed by atoms with van der Waals surface area (Å²) in [6, 6.07) is 0. The van der Waals surface area contributed by atoms with E-state index in [0.29, 0.717) is 39.0 Å². The first-order valence-electron chi connectivity index (χ1n) is 6.04. The van der Waals surface area contributed by atoms with Gasteiger partial charge >= 0.3 is 0 Å². The number of hydrogen-bond acceptors (Lipinski definition) is 4. The number of rotatable bonds is 2. The molecule has 1 amide bonds. The predicted molar refractivity (Wildman–Crippen MR) is 59.0 cm³/mol. The van der Waals surface area contributed by atoms with E-state index in [-0.39, 0.29) is 18.1 Å². The van der Waals surface area contributed by atoms with Gasteiger partial charge in [-0.05, 0) is 12.8 Å². The highest BCUT2D eigenvalue weighted by atomic mass is 16.5. The van der Waals surface area contributed by atoms with E-state index in [9.17, 15) is 9.90 Å². The van der Waals surface area contributed by atoms with Crippen molar-refractivity contribution in [2.24, 2.45) is 0 Å². The van der Waals surface area contributed by atoms with Crippen LogP contribution >= 0.6 is 0 Å². The van der Waals surface area contributed by atoms with Gasteiger partial charge in [-0.2, -0.15) is 0 Å². The summed E-state index contributed by atoms with van der Waals surface area (Å²) in [6.45, 7) is 3.69. The summed E-state index contributed by atoms with van der Waals surface area (Å²) in [5, 5.41) is 12.6. The van der Waals surface area contributed by atoms with E-state index in [1.54, 1.807) is 0 Å². The molecule has 92 valence electrons. The summed E-state index contributed by atoms with van der Waals surface area (Å²) in [5.74, 6) is 0.153. The summed E-state index contributed by atoms with van der Waals surface area (Å²) in [5.41, 5.74) is 0. The van der Waals surface area contributed by atoms with Gasteiger partial charge in [-0.15, -0.1) is 0 Å². The van der Waals surface area contributed by atoms with Crippen LogP contribution in [0.25, 0.3) is 0 Å². The van der Waals surface area contributed by atoms with Gasteiger partial charge in [0.25, 0.3) is 0 Å². The third-order valence-electron chi connectivity index (χ3n) is 3.22. The number of amides is 1. The van der Waals surface area contributed by atoms with Crippen LogP contribution in [0.5, 0.6) is 0 Å². The maximum atomic E-state index is 11.9. The molecule has 2 saturated heterocycles. The van der Waals surface area contributed by atoms with Gasteiger partial charge in [0.05, 0.1) is 25.2 Å². The minimum atomic E-state index is -0.225. The molecule has 2 aliphatic heterocycles. The summed E-state index contributed by atoms with van der Waals surface area (Å²) in [4.78, 5) is 13.7. The van der Waals surface area contributed by atoms with Crippen LogP contribution in [0.2, 0.25) is 0 Å². The molecule has 2 N–H and O–H groups in total. The number of piperidine rings is 1. The van der Waals surface area contributed by atoms with Crippen molar-refractivity contribution in [3.8, 4) is 0 Å². The first-order valence-corrected chi connectivity index (χ1v) is 6.04. The number of morpholine rings is 1. The first kappa shape index (κ1) is 11.8. The Balaban J connectivity index is 1.74. The maximum absolute atomic E-state index is 11.9. The van der Waals surface area contributed by atoms with Crippen LogP contribution in [-0.2, 0) is 9.53 Å². The minimum Gasteiger partial charge on any atom is -0.393 e. The number of ether oxygens (including phenoxy) is 1. The highest BCUT2D eigenvalue weighted by molar-refractivity contribution is 5.76. The lowest BCUT2D eigenvalue weighted by Gasteiger charge is -2.31. The molecule has 0 aliphatic carbocycles. The highest BCUT2D eigenvalue weighted by Gasteiger charge is 2.24. The fourth-order valence-corrected chi connectivity index (χ4v) is 2.19. The molecule has 0 bridgehead atoms. The normalized spacial score (nSPS) is 28.1. The van der Waals surface area contributed by atoms with Crippen LogP contribution in [0.1, 0.15) is 19.3 Å². The van der Waals surface area contributed by atoms with E-state index in [2.05, 4.69) is 5.32 Å². The van der Waals surface area contributed by atoms with Crippen molar-refractivity contribution < 1.29 is 14.6 Å². The topological polar surface area (TPSA) is 61.8 Å². The Hall–Kier alpha value is -0.650. The highest BCUT2D eigenvalue weighted by Crippen LogP contribution is 2.12. The summed E-state index contributed by atoms with van der Waals surface area (Å²) in [7, 11) is 0. The Morgan fingerprint density at radius 1 is 1.44 bits per heavy atom. The molecule has 0 aromatic rings. The number of carbonyl (C=O) groups excluding carboxylic acids is 1. The van der Waals surface area contributed by atoms with Crippen LogP contribution in [0.15, 0.2) is 0 Å². The van der Waals surface area contributed by atoms with Crippen molar-refractivity contribution in [1.82, 2.24) is 10.2 Å². The van der Waals surface area contributed by atoms with Gasteiger partial charge in [0, 0.05) is 26.2 Å². The summed E-state index contributed by atoms with van der Waals surface area (Å²) in [6.07, 6.45) is 1.67. The Bertz CT molecular complexity index is 233. The number of carbonyl (C=O) groups is 1. The molecule has 0 aromatic carbocycles. The standard InChI is InChI=1S/C11H20N2O3/c14-9-1-4-13(5-2-9)11(15)7-10-8-12-3-6-16-10/h9-10,12,14H,1-8H2. The molecule has 2 heterocycles. The lowest BCUT2D eigenvalue weighted by molar-refractivity contribution is -0.136. The van der Waals surface area contributed by atoms with Crippen molar-refractivity contribution >= 4 is 5.91 Å². The second kappa shape index (κ2) is 5.61. The average molecular weight is 228 g/mol. The minimum absolute atomic E-state index is 0.0214. The molecule has 2 rings (SSSR count). The SMILES string of the molecule is O=C(CC1CNCCO1)N1CCC(O)CC1. The van der Waals surface area contributed by atoms with Crippen LogP contribution in [0.3, 0.4) is 0 Å². The van der Waals surface area contributed by atoms with Crippen LogP contribution in [-0.4, -0.2) is 60.9 Å². The second-order valence-corrected chi connectivity index (χ2v) is 4.51. The van der Waals surface area contributed by atoms with Crippen molar-refractivity contribution in [3.63, 3.8) is 0 Å². The van der Waals surface area contributed by atoms with E-state index in [4.69, 9.17) is 4.74 Å². The molecule has 5 heteroatoms. The number of aliphatic hydroxyl groups excluding tert-OH is 1. The van der Waals surface area contributed by atoms with Gasteiger partial charge in [-0.25, -0.2) is 0 Å². The lowest BCUT2D eigenvalue weighted by atomic mass is 10.1. The Kier molecular flexibility index (Phi) is 4.15. The zero-order chi connectivity index (χ0) is 11.4. The molecular weight excluding hydrogens is 208 g/mol. The average Bonchev–Trinajstić information content (AvgIpc) is 2.31. The van der Waals surface area contributed by atoms with E-state index >= 15 is 0 Å². The van der Waals surface area contributed by atoms with Crippen LogP contribution in [0.4, 0.5) is 0 Å². The van der Waals surface area contributed by atoms with Crippen LogP contribution in [0, 0.1) is 0 Å². The van der Waals surface area contributed by atoms with Gasteiger partial charge < -0.3 is 20.1 Å². The molecule has 5 nitrogen and oxygen atoms in total. The molecule has 1 unspecified atom stereocenters.